The molecule has 76 valence electrons. The molecular weight excluding hydrogens is 156 g/mol. The Bertz CT molecular complexity index is 131. The average Bonchev–Trinajstić information content (AvgIpc) is 2.16. The van der Waals surface area contributed by atoms with Crippen molar-refractivity contribution < 1.29 is 0 Å². The van der Waals surface area contributed by atoms with Gasteiger partial charge in [-0.1, -0.05) is 63.8 Å². The lowest BCUT2D eigenvalue weighted by atomic mass is 10.1. The van der Waals surface area contributed by atoms with Crippen LogP contribution in [0.5, 0.6) is 0 Å². The molecule has 0 saturated carbocycles. The summed E-state index contributed by atoms with van der Waals surface area (Å²) in [5, 5.41) is 0. The smallest absolute Gasteiger partial charge is 0.0348 e. The van der Waals surface area contributed by atoms with E-state index in [2.05, 4.69) is 38.2 Å². The van der Waals surface area contributed by atoms with E-state index in [4.69, 9.17) is 0 Å². The van der Waals surface area contributed by atoms with Gasteiger partial charge < -0.3 is 0 Å². The Morgan fingerprint density at radius 2 is 1.46 bits per heavy atom. The second-order valence-corrected chi connectivity index (χ2v) is 3.47. The highest BCUT2D eigenvalue weighted by atomic mass is 13.9. The minimum absolute atomic E-state index is 1.14. The van der Waals surface area contributed by atoms with Crippen LogP contribution in [0.15, 0.2) is 24.3 Å². The fourth-order valence-electron chi connectivity index (χ4n) is 1.26. The van der Waals surface area contributed by atoms with Crippen LogP contribution >= 0.6 is 0 Å². The largest absolute Gasteiger partial charge is 0.0848 e. The van der Waals surface area contributed by atoms with Gasteiger partial charge in [-0.3, -0.25) is 0 Å². The molecule has 0 N–H and O–H groups in total. The van der Waals surface area contributed by atoms with Crippen molar-refractivity contribution in [1.82, 2.24) is 0 Å². The predicted molar refractivity (Wildman–Crippen MR) is 61.9 cm³/mol. The van der Waals surface area contributed by atoms with Crippen molar-refractivity contribution >= 4 is 0 Å². The summed E-state index contributed by atoms with van der Waals surface area (Å²) in [6.45, 7) is 4.42. The highest BCUT2D eigenvalue weighted by molar-refractivity contribution is 5.01. The van der Waals surface area contributed by atoms with Crippen LogP contribution < -0.4 is 0 Å². The number of allylic oxidation sites excluding steroid dienone is 4. The van der Waals surface area contributed by atoms with Gasteiger partial charge in [-0.05, 0) is 19.3 Å². The Kier molecular flexibility index (Phi) is 11.0. The van der Waals surface area contributed by atoms with Gasteiger partial charge in [0.15, 0.2) is 0 Å². The third kappa shape index (κ3) is 11.5. The van der Waals surface area contributed by atoms with Crippen LogP contribution in [0.3, 0.4) is 0 Å². The SMILES string of the molecule is CC/C=C/C=C/CCCCCCC. The van der Waals surface area contributed by atoms with Crippen molar-refractivity contribution in [3.05, 3.63) is 24.3 Å². The first-order chi connectivity index (χ1) is 6.41. The quantitative estimate of drug-likeness (QED) is 0.369. The van der Waals surface area contributed by atoms with E-state index < -0.39 is 0 Å². The van der Waals surface area contributed by atoms with Crippen LogP contribution in [-0.2, 0) is 0 Å². The zero-order valence-corrected chi connectivity index (χ0v) is 9.26. The van der Waals surface area contributed by atoms with Crippen LogP contribution in [0.25, 0.3) is 0 Å². The molecule has 0 aliphatic heterocycles. The maximum Gasteiger partial charge on any atom is -0.0348 e. The second-order valence-electron chi connectivity index (χ2n) is 3.47. The van der Waals surface area contributed by atoms with Gasteiger partial charge in [0.2, 0.25) is 0 Å². The van der Waals surface area contributed by atoms with Gasteiger partial charge in [0.05, 0.1) is 0 Å². The fourth-order valence-corrected chi connectivity index (χ4v) is 1.26. The third-order valence-electron chi connectivity index (χ3n) is 2.09. The van der Waals surface area contributed by atoms with E-state index in [0.29, 0.717) is 0 Å². The molecule has 0 aromatic heterocycles. The van der Waals surface area contributed by atoms with Gasteiger partial charge in [-0.25, -0.2) is 0 Å². The van der Waals surface area contributed by atoms with E-state index >= 15 is 0 Å². The van der Waals surface area contributed by atoms with Crippen molar-refractivity contribution in [3.63, 3.8) is 0 Å². The molecule has 0 saturated heterocycles. The first-order valence-corrected chi connectivity index (χ1v) is 5.73. The molecule has 0 radical (unpaired) electrons. The normalized spacial score (nSPS) is 11.8. The minimum atomic E-state index is 1.14. The number of hydrogen-bond donors (Lipinski definition) is 0. The van der Waals surface area contributed by atoms with Gasteiger partial charge in [0.25, 0.3) is 0 Å². The summed E-state index contributed by atoms with van der Waals surface area (Å²) in [4.78, 5) is 0. The standard InChI is InChI=1S/C13H24/c1-3-5-7-9-11-13-12-10-8-6-4-2/h5,7,9,11H,3-4,6,8,10,12-13H2,1-2H3/b7-5+,11-9+. The topological polar surface area (TPSA) is 0 Å². The Morgan fingerprint density at radius 1 is 0.769 bits per heavy atom. The molecule has 0 aliphatic carbocycles. The van der Waals surface area contributed by atoms with Gasteiger partial charge in [0.1, 0.15) is 0 Å². The minimum Gasteiger partial charge on any atom is -0.0848 e. The lowest BCUT2D eigenvalue weighted by molar-refractivity contribution is 0.637. The molecule has 0 nitrogen and oxygen atoms in total. The van der Waals surface area contributed by atoms with Crippen molar-refractivity contribution in [3.8, 4) is 0 Å². The van der Waals surface area contributed by atoms with Crippen LogP contribution in [0.2, 0.25) is 0 Å². The molecule has 0 unspecified atom stereocenters. The molecule has 0 heteroatoms. The van der Waals surface area contributed by atoms with Gasteiger partial charge in [0, 0.05) is 0 Å². The predicted octanol–water partition coefficient (Wildman–Crippen LogP) is 4.87. The molecule has 13 heavy (non-hydrogen) atoms. The lowest BCUT2D eigenvalue weighted by Crippen LogP contribution is -1.75. The maximum atomic E-state index is 2.28. The molecule has 0 atom stereocenters. The molecule has 0 heterocycles. The molecule has 0 rings (SSSR count). The average molecular weight is 180 g/mol. The highest BCUT2D eigenvalue weighted by Gasteiger charge is 1.85. The van der Waals surface area contributed by atoms with E-state index in [9.17, 15) is 0 Å². The molecule has 0 spiro atoms. The molecule has 0 aromatic carbocycles. The van der Waals surface area contributed by atoms with E-state index in [0.717, 1.165) is 6.42 Å². The summed E-state index contributed by atoms with van der Waals surface area (Å²) in [5.41, 5.74) is 0. The lowest BCUT2D eigenvalue weighted by Gasteiger charge is -1.95. The fraction of sp³-hybridized carbons (Fsp3) is 0.692. The summed E-state index contributed by atoms with van der Waals surface area (Å²) in [6, 6.07) is 0. The van der Waals surface area contributed by atoms with Gasteiger partial charge in [-0.15, -0.1) is 0 Å². The summed E-state index contributed by atoms with van der Waals surface area (Å²) in [5.74, 6) is 0. The first kappa shape index (κ1) is 12.5. The summed E-state index contributed by atoms with van der Waals surface area (Å²) in [7, 11) is 0. The van der Waals surface area contributed by atoms with Crippen LogP contribution in [0, 0.1) is 0 Å². The second kappa shape index (κ2) is 11.5. The summed E-state index contributed by atoms with van der Waals surface area (Å²) >= 11 is 0. The molecular formula is C13H24. The molecule has 0 aromatic rings. The maximum absolute atomic E-state index is 2.28. The van der Waals surface area contributed by atoms with Crippen LogP contribution in [0.4, 0.5) is 0 Å². The molecule has 0 aliphatic rings. The van der Waals surface area contributed by atoms with E-state index in [1.807, 2.05) is 0 Å². The van der Waals surface area contributed by atoms with Crippen molar-refractivity contribution in [1.29, 1.82) is 0 Å². The Morgan fingerprint density at radius 3 is 2.15 bits per heavy atom. The van der Waals surface area contributed by atoms with Crippen molar-refractivity contribution in [2.45, 2.75) is 58.8 Å². The van der Waals surface area contributed by atoms with Crippen LogP contribution in [0.1, 0.15) is 58.8 Å². The summed E-state index contributed by atoms with van der Waals surface area (Å²) in [6.07, 6.45) is 18.1. The number of unbranched alkanes of at least 4 members (excludes halogenated alkanes) is 5. The molecule has 0 bridgehead atoms. The Balaban J connectivity index is 3.06. The highest BCUT2D eigenvalue weighted by Crippen LogP contribution is 2.05. The third-order valence-corrected chi connectivity index (χ3v) is 2.09. The van der Waals surface area contributed by atoms with Gasteiger partial charge >= 0.3 is 0 Å². The Labute approximate surface area is 83.7 Å². The molecule has 0 fully saturated rings. The van der Waals surface area contributed by atoms with Crippen LogP contribution in [-0.4, -0.2) is 0 Å². The van der Waals surface area contributed by atoms with Crippen molar-refractivity contribution in [2.75, 3.05) is 0 Å². The van der Waals surface area contributed by atoms with Gasteiger partial charge in [-0.2, -0.15) is 0 Å². The number of rotatable bonds is 8. The number of hydrogen-bond acceptors (Lipinski definition) is 0. The molecule has 0 amide bonds. The summed E-state index contributed by atoms with van der Waals surface area (Å²) < 4.78 is 0. The zero-order valence-electron chi connectivity index (χ0n) is 9.26. The first-order valence-electron chi connectivity index (χ1n) is 5.73. The zero-order chi connectivity index (χ0) is 9.78. The van der Waals surface area contributed by atoms with E-state index in [-0.39, 0.29) is 0 Å². The monoisotopic (exact) mass is 180 g/mol. The Hall–Kier alpha value is -0.520. The van der Waals surface area contributed by atoms with E-state index in [1.54, 1.807) is 0 Å². The van der Waals surface area contributed by atoms with Crippen molar-refractivity contribution in [2.24, 2.45) is 0 Å². The van der Waals surface area contributed by atoms with E-state index in [1.165, 1.54) is 38.5 Å².